The minimum Gasteiger partial charge on any atom is -0.461 e. The van der Waals surface area contributed by atoms with Crippen LogP contribution in [0.25, 0.3) is 0 Å². The standard InChI is InChI=1S/C16H20N2O4/c17-16(21)13(18-10-4-7-14(18)19)8-9-15(20)22-11-12-5-2-1-3-6-12/h1-3,5-6,13H,4,7-11H2,(H2,17,21)/t13-/m0/s1. The second-order valence-corrected chi connectivity index (χ2v) is 5.29. The molecule has 1 heterocycles. The second kappa shape index (κ2) is 7.59. The van der Waals surface area contributed by atoms with Crippen LogP contribution in [0.15, 0.2) is 30.3 Å². The molecule has 2 N–H and O–H groups in total. The van der Waals surface area contributed by atoms with Crippen LogP contribution in [0.5, 0.6) is 0 Å². The van der Waals surface area contributed by atoms with E-state index in [1.54, 1.807) is 0 Å². The van der Waals surface area contributed by atoms with Crippen LogP contribution in [0, 0.1) is 0 Å². The third-order valence-electron chi connectivity index (χ3n) is 3.68. The number of carbonyl (C=O) groups excluding carboxylic acids is 3. The molecular weight excluding hydrogens is 284 g/mol. The Morgan fingerprint density at radius 2 is 2.00 bits per heavy atom. The molecule has 0 bridgehead atoms. The number of nitrogens with two attached hydrogens (primary N) is 1. The van der Waals surface area contributed by atoms with Gasteiger partial charge >= 0.3 is 5.97 Å². The van der Waals surface area contributed by atoms with Crippen LogP contribution in [0.1, 0.15) is 31.2 Å². The fraction of sp³-hybridized carbons (Fsp3) is 0.438. The van der Waals surface area contributed by atoms with Gasteiger partial charge in [-0.05, 0) is 18.4 Å². The summed E-state index contributed by atoms with van der Waals surface area (Å²) in [5.41, 5.74) is 6.25. The molecule has 1 atom stereocenters. The van der Waals surface area contributed by atoms with Gasteiger partial charge in [-0.15, -0.1) is 0 Å². The number of hydrogen-bond donors (Lipinski definition) is 1. The largest absolute Gasteiger partial charge is 0.461 e. The Labute approximate surface area is 129 Å². The summed E-state index contributed by atoms with van der Waals surface area (Å²) < 4.78 is 5.15. The van der Waals surface area contributed by atoms with Crippen LogP contribution >= 0.6 is 0 Å². The number of carbonyl (C=O) groups is 3. The van der Waals surface area contributed by atoms with Crippen LogP contribution in [0.4, 0.5) is 0 Å². The van der Waals surface area contributed by atoms with Gasteiger partial charge in [0.2, 0.25) is 11.8 Å². The fourth-order valence-electron chi connectivity index (χ4n) is 2.52. The van der Waals surface area contributed by atoms with Crippen molar-refractivity contribution >= 4 is 17.8 Å². The Balaban J connectivity index is 1.80. The average Bonchev–Trinajstić information content (AvgIpc) is 2.92. The lowest BCUT2D eigenvalue weighted by Gasteiger charge is -2.24. The van der Waals surface area contributed by atoms with Crippen LogP contribution < -0.4 is 5.73 Å². The summed E-state index contributed by atoms with van der Waals surface area (Å²) in [5, 5.41) is 0. The quantitative estimate of drug-likeness (QED) is 0.761. The lowest BCUT2D eigenvalue weighted by molar-refractivity contribution is -0.146. The molecule has 118 valence electrons. The first-order valence-corrected chi connectivity index (χ1v) is 7.36. The highest BCUT2D eigenvalue weighted by Gasteiger charge is 2.31. The van der Waals surface area contributed by atoms with E-state index in [9.17, 15) is 14.4 Å². The third kappa shape index (κ3) is 4.31. The van der Waals surface area contributed by atoms with Gasteiger partial charge in [-0.2, -0.15) is 0 Å². The van der Waals surface area contributed by atoms with Gasteiger partial charge in [0.25, 0.3) is 0 Å². The maximum atomic E-state index is 11.8. The summed E-state index contributed by atoms with van der Waals surface area (Å²) >= 11 is 0. The summed E-state index contributed by atoms with van der Waals surface area (Å²) in [6, 6.07) is 8.62. The fourth-order valence-corrected chi connectivity index (χ4v) is 2.52. The van der Waals surface area contributed by atoms with E-state index in [-0.39, 0.29) is 25.4 Å². The van der Waals surface area contributed by atoms with Crippen molar-refractivity contribution in [1.82, 2.24) is 4.90 Å². The molecule has 0 spiro atoms. The highest BCUT2D eigenvalue weighted by Crippen LogP contribution is 2.17. The third-order valence-corrected chi connectivity index (χ3v) is 3.68. The Kier molecular flexibility index (Phi) is 5.52. The molecule has 22 heavy (non-hydrogen) atoms. The Bertz CT molecular complexity index is 544. The lowest BCUT2D eigenvalue weighted by atomic mass is 10.1. The van der Waals surface area contributed by atoms with E-state index in [1.807, 2.05) is 30.3 Å². The maximum absolute atomic E-state index is 11.8. The molecule has 0 aromatic heterocycles. The molecule has 1 aromatic rings. The van der Waals surface area contributed by atoms with E-state index in [4.69, 9.17) is 10.5 Å². The minimum atomic E-state index is -0.723. The number of nitrogens with zero attached hydrogens (tertiary/aromatic N) is 1. The zero-order chi connectivity index (χ0) is 15.9. The molecule has 1 saturated heterocycles. The molecular formula is C16H20N2O4. The van der Waals surface area contributed by atoms with Crippen LogP contribution in [-0.2, 0) is 25.7 Å². The predicted molar refractivity (Wildman–Crippen MR) is 79.4 cm³/mol. The number of amides is 2. The molecule has 6 nitrogen and oxygen atoms in total. The van der Waals surface area contributed by atoms with Crippen molar-refractivity contribution in [3.63, 3.8) is 0 Å². The first-order valence-electron chi connectivity index (χ1n) is 7.36. The smallest absolute Gasteiger partial charge is 0.306 e. The van der Waals surface area contributed by atoms with Gasteiger partial charge in [-0.25, -0.2) is 0 Å². The van der Waals surface area contributed by atoms with Gasteiger partial charge in [0.1, 0.15) is 12.6 Å². The van der Waals surface area contributed by atoms with E-state index < -0.39 is 17.9 Å². The molecule has 2 amide bonds. The Hall–Kier alpha value is -2.37. The van der Waals surface area contributed by atoms with Gasteiger partial charge in [0.15, 0.2) is 0 Å². The zero-order valence-corrected chi connectivity index (χ0v) is 12.4. The van der Waals surface area contributed by atoms with E-state index in [2.05, 4.69) is 0 Å². The first-order chi connectivity index (χ1) is 10.6. The molecule has 0 saturated carbocycles. The average molecular weight is 304 g/mol. The lowest BCUT2D eigenvalue weighted by Crippen LogP contribution is -2.45. The summed E-state index contributed by atoms with van der Waals surface area (Å²) in [5.74, 6) is -1.06. The highest BCUT2D eigenvalue weighted by atomic mass is 16.5. The molecule has 1 fully saturated rings. The molecule has 1 aromatic carbocycles. The highest BCUT2D eigenvalue weighted by molar-refractivity contribution is 5.88. The number of esters is 1. The van der Waals surface area contributed by atoms with Gasteiger partial charge in [-0.1, -0.05) is 30.3 Å². The first kappa shape index (κ1) is 16.0. The Morgan fingerprint density at radius 1 is 1.27 bits per heavy atom. The molecule has 0 aliphatic carbocycles. The molecule has 1 aliphatic rings. The Morgan fingerprint density at radius 3 is 2.59 bits per heavy atom. The second-order valence-electron chi connectivity index (χ2n) is 5.29. The van der Waals surface area contributed by atoms with Gasteiger partial charge in [-0.3, -0.25) is 14.4 Å². The van der Waals surface area contributed by atoms with Crippen molar-refractivity contribution in [1.29, 1.82) is 0 Å². The normalized spacial score (nSPS) is 15.6. The van der Waals surface area contributed by atoms with E-state index in [0.29, 0.717) is 13.0 Å². The number of likely N-dealkylation sites (tertiary alicyclic amines) is 1. The topological polar surface area (TPSA) is 89.7 Å². The number of primary amides is 1. The number of benzene rings is 1. The van der Waals surface area contributed by atoms with E-state index in [0.717, 1.165) is 12.0 Å². The molecule has 0 radical (unpaired) electrons. The van der Waals surface area contributed by atoms with Crippen molar-refractivity contribution in [3.05, 3.63) is 35.9 Å². The predicted octanol–water partition coefficient (Wildman–Crippen LogP) is 0.986. The van der Waals surface area contributed by atoms with E-state index in [1.165, 1.54) is 4.90 Å². The zero-order valence-electron chi connectivity index (χ0n) is 12.4. The van der Waals surface area contributed by atoms with Crippen molar-refractivity contribution in [3.8, 4) is 0 Å². The van der Waals surface area contributed by atoms with Crippen LogP contribution in [0.3, 0.4) is 0 Å². The minimum absolute atomic E-state index is 0.0597. The summed E-state index contributed by atoms with van der Waals surface area (Å²) in [6.45, 7) is 0.717. The number of hydrogen-bond acceptors (Lipinski definition) is 4. The summed E-state index contributed by atoms with van der Waals surface area (Å²) in [6.07, 6.45) is 1.42. The molecule has 6 heteroatoms. The van der Waals surface area contributed by atoms with Crippen molar-refractivity contribution in [2.24, 2.45) is 5.73 Å². The van der Waals surface area contributed by atoms with Crippen molar-refractivity contribution < 1.29 is 19.1 Å². The monoisotopic (exact) mass is 304 g/mol. The van der Waals surface area contributed by atoms with Crippen LogP contribution in [-0.4, -0.2) is 35.3 Å². The number of ether oxygens (including phenoxy) is 1. The van der Waals surface area contributed by atoms with Crippen LogP contribution in [0.2, 0.25) is 0 Å². The van der Waals surface area contributed by atoms with Gasteiger partial charge in [0.05, 0.1) is 0 Å². The van der Waals surface area contributed by atoms with E-state index >= 15 is 0 Å². The van der Waals surface area contributed by atoms with Crippen molar-refractivity contribution in [2.45, 2.75) is 38.3 Å². The SMILES string of the molecule is NC(=O)[C@H](CCC(=O)OCc1ccccc1)N1CCCC1=O. The van der Waals surface area contributed by atoms with Gasteiger partial charge in [0, 0.05) is 19.4 Å². The maximum Gasteiger partial charge on any atom is 0.306 e. The summed E-state index contributed by atoms with van der Waals surface area (Å²) in [4.78, 5) is 36.4. The molecule has 0 unspecified atom stereocenters. The van der Waals surface area contributed by atoms with Gasteiger partial charge < -0.3 is 15.4 Å². The summed E-state index contributed by atoms with van der Waals surface area (Å²) in [7, 11) is 0. The van der Waals surface area contributed by atoms with Crippen molar-refractivity contribution in [2.75, 3.05) is 6.54 Å². The molecule has 2 rings (SSSR count). The molecule has 1 aliphatic heterocycles. The number of rotatable bonds is 7.